The van der Waals surface area contributed by atoms with Crippen molar-refractivity contribution in [3.05, 3.63) is 47.1 Å². The summed E-state index contributed by atoms with van der Waals surface area (Å²) in [7, 11) is 0. The minimum Gasteiger partial charge on any atom is -0.381 e. The number of carbonyl (C=O) groups excluding carboxylic acids is 2. The normalized spacial score (nSPS) is 16.2. The third-order valence-electron chi connectivity index (χ3n) is 4.35. The van der Waals surface area contributed by atoms with E-state index in [9.17, 15) is 14.7 Å². The Bertz CT molecular complexity index is 822. The second-order valence-corrected chi connectivity index (χ2v) is 6.50. The number of rotatable bonds is 5. The Kier molecular flexibility index (Phi) is 5.11. The summed E-state index contributed by atoms with van der Waals surface area (Å²) in [6.45, 7) is 2.79. The van der Waals surface area contributed by atoms with Crippen LogP contribution in [0.4, 0.5) is 0 Å². The molecule has 3 rings (SSSR count). The number of amides is 2. The fraction of sp³-hybridized carbons (Fsp3) is 0.333. The van der Waals surface area contributed by atoms with E-state index >= 15 is 0 Å². The van der Waals surface area contributed by atoms with Crippen LogP contribution < -0.4 is 5.32 Å². The standard InChI is InChI=1S/C18H20ClN3O3/c1-2-13(16(23)18(25)22-7-3-4-8-22)21-17(24)15-10-11-9-12(19)5-6-14(11)20-15/h3-6,9-10,13,16,20,23H,2,7-8H2,1H3,(H,21,24)/t13-,16+/m0/s1. The number of halogens is 1. The van der Waals surface area contributed by atoms with Crippen molar-refractivity contribution >= 4 is 34.3 Å². The van der Waals surface area contributed by atoms with Crippen molar-refractivity contribution in [2.75, 3.05) is 13.1 Å². The van der Waals surface area contributed by atoms with Crippen LogP contribution in [0.3, 0.4) is 0 Å². The molecule has 1 aliphatic rings. The molecule has 1 aromatic carbocycles. The molecule has 2 heterocycles. The molecule has 0 radical (unpaired) electrons. The summed E-state index contributed by atoms with van der Waals surface area (Å²) in [6, 6.07) is 6.34. The zero-order valence-electron chi connectivity index (χ0n) is 13.8. The Morgan fingerprint density at radius 3 is 2.72 bits per heavy atom. The monoisotopic (exact) mass is 361 g/mol. The van der Waals surface area contributed by atoms with Gasteiger partial charge in [0.1, 0.15) is 5.69 Å². The minimum atomic E-state index is -1.27. The summed E-state index contributed by atoms with van der Waals surface area (Å²) in [5.41, 5.74) is 1.15. The highest BCUT2D eigenvalue weighted by atomic mass is 35.5. The van der Waals surface area contributed by atoms with Crippen molar-refractivity contribution in [2.45, 2.75) is 25.5 Å². The summed E-state index contributed by atoms with van der Waals surface area (Å²) in [5, 5.41) is 14.5. The molecule has 0 spiro atoms. The van der Waals surface area contributed by atoms with Gasteiger partial charge in [0.15, 0.2) is 6.10 Å². The lowest BCUT2D eigenvalue weighted by atomic mass is 10.1. The number of aromatic nitrogens is 1. The number of H-pyrrole nitrogens is 1. The minimum absolute atomic E-state index is 0.359. The molecule has 0 saturated carbocycles. The molecular weight excluding hydrogens is 342 g/mol. The average Bonchev–Trinajstić information content (AvgIpc) is 3.27. The van der Waals surface area contributed by atoms with Crippen LogP contribution in [0, 0.1) is 0 Å². The van der Waals surface area contributed by atoms with Gasteiger partial charge in [-0.2, -0.15) is 0 Å². The second kappa shape index (κ2) is 7.29. The van der Waals surface area contributed by atoms with Crippen LogP contribution in [-0.2, 0) is 4.79 Å². The Balaban J connectivity index is 1.71. The molecule has 1 aromatic heterocycles. The largest absolute Gasteiger partial charge is 0.381 e. The molecule has 7 heteroatoms. The van der Waals surface area contributed by atoms with E-state index in [1.807, 2.05) is 19.1 Å². The third kappa shape index (κ3) is 3.70. The van der Waals surface area contributed by atoms with Gasteiger partial charge in [0.2, 0.25) is 0 Å². The van der Waals surface area contributed by atoms with Crippen molar-refractivity contribution in [2.24, 2.45) is 0 Å². The number of carbonyl (C=O) groups is 2. The lowest BCUT2D eigenvalue weighted by molar-refractivity contribution is -0.140. The van der Waals surface area contributed by atoms with E-state index in [-0.39, 0.29) is 11.8 Å². The maximum absolute atomic E-state index is 12.5. The molecule has 3 N–H and O–H groups in total. The first-order chi connectivity index (χ1) is 12.0. The van der Waals surface area contributed by atoms with Crippen LogP contribution in [0.2, 0.25) is 5.02 Å². The Morgan fingerprint density at radius 1 is 1.32 bits per heavy atom. The lowest BCUT2D eigenvalue weighted by Crippen LogP contribution is -2.51. The molecule has 0 fully saturated rings. The van der Waals surface area contributed by atoms with Gasteiger partial charge in [-0.05, 0) is 30.7 Å². The van der Waals surface area contributed by atoms with Gasteiger partial charge in [-0.25, -0.2) is 0 Å². The van der Waals surface area contributed by atoms with Crippen LogP contribution >= 0.6 is 11.6 Å². The number of aliphatic hydroxyl groups excluding tert-OH is 1. The Hall–Kier alpha value is -2.31. The highest BCUT2D eigenvalue weighted by Gasteiger charge is 2.30. The molecule has 25 heavy (non-hydrogen) atoms. The zero-order valence-corrected chi connectivity index (χ0v) is 14.6. The van der Waals surface area contributed by atoms with Gasteiger partial charge >= 0.3 is 0 Å². The highest BCUT2D eigenvalue weighted by molar-refractivity contribution is 6.31. The van der Waals surface area contributed by atoms with Gasteiger partial charge < -0.3 is 20.3 Å². The fourth-order valence-corrected chi connectivity index (χ4v) is 3.07. The summed E-state index contributed by atoms with van der Waals surface area (Å²) in [4.78, 5) is 29.4. The predicted octanol–water partition coefficient (Wildman–Crippen LogP) is 2.09. The lowest BCUT2D eigenvalue weighted by Gasteiger charge is -2.26. The summed E-state index contributed by atoms with van der Waals surface area (Å²) < 4.78 is 0. The Labute approximate surface area is 150 Å². The van der Waals surface area contributed by atoms with E-state index in [4.69, 9.17) is 11.6 Å². The van der Waals surface area contributed by atoms with Crippen molar-refractivity contribution in [3.63, 3.8) is 0 Å². The first-order valence-corrected chi connectivity index (χ1v) is 8.58. The van der Waals surface area contributed by atoms with Crippen LogP contribution in [-0.4, -0.2) is 52.0 Å². The molecule has 2 atom stereocenters. The predicted molar refractivity (Wildman–Crippen MR) is 96.6 cm³/mol. The number of hydrogen-bond donors (Lipinski definition) is 3. The van der Waals surface area contributed by atoms with Gasteiger partial charge in [0.25, 0.3) is 11.8 Å². The quantitative estimate of drug-likeness (QED) is 0.713. The van der Waals surface area contributed by atoms with Crippen LogP contribution in [0.5, 0.6) is 0 Å². The molecule has 2 amide bonds. The zero-order chi connectivity index (χ0) is 18.0. The van der Waals surface area contributed by atoms with Crippen molar-refractivity contribution < 1.29 is 14.7 Å². The molecule has 0 bridgehead atoms. The van der Waals surface area contributed by atoms with Crippen LogP contribution in [0.1, 0.15) is 23.8 Å². The number of benzene rings is 1. The molecule has 2 aromatic rings. The molecule has 132 valence electrons. The van der Waals surface area contributed by atoms with E-state index in [1.54, 1.807) is 29.2 Å². The molecule has 0 saturated heterocycles. The SMILES string of the molecule is CC[C@H](NC(=O)c1cc2cc(Cl)ccc2[nH]1)[C@@H](O)C(=O)N1CC=CC1. The molecule has 1 aliphatic heterocycles. The second-order valence-electron chi connectivity index (χ2n) is 6.06. The van der Waals surface area contributed by atoms with Gasteiger partial charge in [0, 0.05) is 29.0 Å². The Morgan fingerprint density at radius 2 is 2.04 bits per heavy atom. The summed E-state index contributed by atoms with van der Waals surface area (Å²) >= 11 is 5.96. The molecule has 6 nitrogen and oxygen atoms in total. The van der Waals surface area contributed by atoms with Gasteiger partial charge in [-0.1, -0.05) is 30.7 Å². The van der Waals surface area contributed by atoms with Crippen LogP contribution in [0.15, 0.2) is 36.4 Å². The van der Waals surface area contributed by atoms with Gasteiger partial charge in [0.05, 0.1) is 6.04 Å². The first-order valence-electron chi connectivity index (χ1n) is 8.20. The highest BCUT2D eigenvalue weighted by Crippen LogP contribution is 2.20. The van der Waals surface area contributed by atoms with E-state index in [0.717, 1.165) is 10.9 Å². The number of nitrogens with one attached hydrogen (secondary N) is 2. The number of nitrogens with zero attached hydrogens (tertiary/aromatic N) is 1. The third-order valence-corrected chi connectivity index (χ3v) is 4.58. The molecule has 0 aliphatic carbocycles. The number of hydrogen-bond acceptors (Lipinski definition) is 3. The van der Waals surface area contributed by atoms with Gasteiger partial charge in [-0.15, -0.1) is 0 Å². The smallest absolute Gasteiger partial charge is 0.268 e. The van der Waals surface area contributed by atoms with Crippen molar-refractivity contribution in [1.82, 2.24) is 15.2 Å². The van der Waals surface area contributed by atoms with Crippen LogP contribution in [0.25, 0.3) is 10.9 Å². The average molecular weight is 362 g/mol. The van der Waals surface area contributed by atoms with Crippen molar-refractivity contribution in [3.8, 4) is 0 Å². The maximum Gasteiger partial charge on any atom is 0.268 e. The number of aromatic amines is 1. The maximum atomic E-state index is 12.5. The van der Waals surface area contributed by atoms with E-state index < -0.39 is 12.1 Å². The van der Waals surface area contributed by atoms with Crippen molar-refractivity contribution in [1.29, 1.82) is 0 Å². The topological polar surface area (TPSA) is 85.4 Å². The molecular formula is C18H20ClN3O3. The number of fused-ring (bicyclic) bond motifs is 1. The van der Waals surface area contributed by atoms with E-state index in [0.29, 0.717) is 30.2 Å². The molecule has 0 unspecified atom stereocenters. The van der Waals surface area contributed by atoms with E-state index in [1.165, 1.54) is 0 Å². The summed E-state index contributed by atoms with van der Waals surface area (Å²) in [5.74, 6) is -0.744. The fourth-order valence-electron chi connectivity index (χ4n) is 2.89. The first kappa shape index (κ1) is 17.5. The summed E-state index contributed by atoms with van der Waals surface area (Å²) in [6.07, 6.45) is 2.92. The van der Waals surface area contributed by atoms with Gasteiger partial charge in [-0.3, -0.25) is 9.59 Å². The van der Waals surface area contributed by atoms with E-state index in [2.05, 4.69) is 10.3 Å². The number of aliphatic hydroxyl groups is 1.